The van der Waals surface area contributed by atoms with Crippen LogP contribution in [0, 0.1) is 11.6 Å². The van der Waals surface area contributed by atoms with Crippen molar-refractivity contribution in [3.63, 3.8) is 0 Å². The van der Waals surface area contributed by atoms with Crippen molar-refractivity contribution in [2.45, 2.75) is 19.4 Å². The number of anilines is 2. The molecule has 1 amide bonds. The van der Waals surface area contributed by atoms with E-state index in [1.54, 1.807) is 20.1 Å². The molecule has 3 aromatic carbocycles. The van der Waals surface area contributed by atoms with E-state index in [1.165, 1.54) is 6.07 Å². The van der Waals surface area contributed by atoms with E-state index < -0.39 is 29.3 Å². The van der Waals surface area contributed by atoms with Gasteiger partial charge in [0.15, 0.2) is 0 Å². The minimum absolute atomic E-state index is 0.453. The summed E-state index contributed by atoms with van der Waals surface area (Å²) >= 11 is 0. The maximum Gasteiger partial charge on any atom is 0.246 e. The zero-order valence-corrected chi connectivity index (χ0v) is 16.2. The van der Waals surface area contributed by atoms with Crippen LogP contribution >= 0.6 is 0 Å². The number of carbonyl (C=O) groups is 1. The van der Waals surface area contributed by atoms with Crippen LogP contribution in [0.3, 0.4) is 0 Å². The van der Waals surface area contributed by atoms with Gasteiger partial charge in [-0.05, 0) is 42.8 Å². The molecular formula is C23H22F2N2O2. The smallest absolute Gasteiger partial charge is 0.246 e. The first kappa shape index (κ1) is 20.3. The van der Waals surface area contributed by atoms with Gasteiger partial charge in [-0.15, -0.1) is 0 Å². The van der Waals surface area contributed by atoms with Crippen LogP contribution in [0.5, 0.6) is 5.75 Å². The van der Waals surface area contributed by atoms with Crippen LogP contribution in [0.15, 0.2) is 66.7 Å². The Morgan fingerprint density at radius 2 is 1.69 bits per heavy atom. The molecule has 3 aromatic rings. The molecule has 1 unspecified atom stereocenters. The van der Waals surface area contributed by atoms with Gasteiger partial charge in [0.25, 0.3) is 0 Å². The topological polar surface area (TPSA) is 50.4 Å². The number of ether oxygens (including phenoxy) is 1. The number of hydrogen-bond acceptors (Lipinski definition) is 3. The van der Waals surface area contributed by atoms with Gasteiger partial charge in [0.2, 0.25) is 5.91 Å². The first-order chi connectivity index (χ1) is 14.0. The fourth-order valence-corrected chi connectivity index (χ4v) is 2.99. The molecule has 0 bridgehead atoms. The van der Waals surface area contributed by atoms with Gasteiger partial charge in [0.1, 0.15) is 29.1 Å². The van der Waals surface area contributed by atoms with Gasteiger partial charge < -0.3 is 15.4 Å². The third-order valence-corrected chi connectivity index (χ3v) is 4.51. The van der Waals surface area contributed by atoms with Crippen LogP contribution in [0.1, 0.15) is 18.1 Å². The average molecular weight is 396 g/mol. The molecule has 0 aromatic heterocycles. The van der Waals surface area contributed by atoms with E-state index in [0.29, 0.717) is 12.1 Å². The summed E-state index contributed by atoms with van der Waals surface area (Å²) in [5.74, 6) is -1.44. The lowest BCUT2D eigenvalue weighted by Crippen LogP contribution is -2.32. The van der Waals surface area contributed by atoms with Crippen molar-refractivity contribution in [1.82, 2.24) is 0 Å². The molecule has 0 saturated carbocycles. The second-order valence-corrected chi connectivity index (χ2v) is 6.64. The molecule has 0 spiro atoms. The first-order valence-corrected chi connectivity index (χ1v) is 9.20. The number of amides is 1. The molecule has 6 heteroatoms. The SMILES string of the molecule is COc1ccc(NC(C)C(=O)Nc2c(F)cccc2F)cc1Cc1ccccc1. The van der Waals surface area contributed by atoms with Crippen molar-refractivity contribution >= 4 is 17.3 Å². The van der Waals surface area contributed by atoms with Gasteiger partial charge in [-0.3, -0.25) is 4.79 Å². The van der Waals surface area contributed by atoms with E-state index in [0.717, 1.165) is 29.0 Å². The Bertz CT molecular complexity index is 973. The Morgan fingerprint density at radius 3 is 2.34 bits per heavy atom. The van der Waals surface area contributed by atoms with Crippen LogP contribution in [0.25, 0.3) is 0 Å². The number of rotatable bonds is 7. The molecule has 0 fully saturated rings. The second kappa shape index (κ2) is 9.19. The Kier molecular flexibility index (Phi) is 6.44. The van der Waals surface area contributed by atoms with E-state index in [1.807, 2.05) is 42.5 Å². The van der Waals surface area contributed by atoms with E-state index in [-0.39, 0.29) is 0 Å². The van der Waals surface area contributed by atoms with E-state index in [9.17, 15) is 13.6 Å². The third kappa shape index (κ3) is 5.10. The van der Waals surface area contributed by atoms with Crippen molar-refractivity contribution in [1.29, 1.82) is 0 Å². The average Bonchev–Trinajstić information content (AvgIpc) is 2.71. The molecule has 4 nitrogen and oxygen atoms in total. The predicted molar refractivity (Wildman–Crippen MR) is 110 cm³/mol. The summed E-state index contributed by atoms with van der Waals surface area (Å²) < 4.78 is 33.0. The lowest BCUT2D eigenvalue weighted by Gasteiger charge is -2.17. The van der Waals surface area contributed by atoms with Crippen LogP contribution in [-0.2, 0) is 11.2 Å². The number of nitrogens with one attached hydrogen (secondary N) is 2. The molecule has 2 N–H and O–H groups in total. The Labute approximate surface area is 168 Å². The summed E-state index contributed by atoms with van der Waals surface area (Å²) in [4.78, 5) is 12.4. The molecule has 0 saturated heterocycles. The van der Waals surface area contributed by atoms with E-state index in [2.05, 4.69) is 10.6 Å². The lowest BCUT2D eigenvalue weighted by molar-refractivity contribution is -0.116. The van der Waals surface area contributed by atoms with Crippen molar-refractivity contribution in [2.24, 2.45) is 0 Å². The number of hydrogen-bond donors (Lipinski definition) is 2. The Hall–Kier alpha value is -3.41. The van der Waals surface area contributed by atoms with Crippen LogP contribution < -0.4 is 15.4 Å². The highest BCUT2D eigenvalue weighted by molar-refractivity contribution is 5.96. The number of halogens is 2. The number of benzene rings is 3. The highest BCUT2D eigenvalue weighted by atomic mass is 19.1. The van der Waals surface area contributed by atoms with E-state index in [4.69, 9.17) is 4.74 Å². The molecule has 0 aliphatic rings. The number of carbonyl (C=O) groups excluding carboxylic acids is 1. The van der Waals surface area contributed by atoms with Crippen molar-refractivity contribution < 1.29 is 18.3 Å². The normalized spacial score (nSPS) is 11.6. The van der Waals surface area contributed by atoms with Gasteiger partial charge in [0, 0.05) is 17.7 Å². The number of methoxy groups -OCH3 is 1. The highest BCUT2D eigenvalue weighted by Crippen LogP contribution is 2.26. The van der Waals surface area contributed by atoms with Gasteiger partial charge in [-0.2, -0.15) is 0 Å². The van der Waals surface area contributed by atoms with Gasteiger partial charge in [0.05, 0.1) is 7.11 Å². The molecule has 29 heavy (non-hydrogen) atoms. The molecule has 3 rings (SSSR count). The van der Waals surface area contributed by atoms with Crippen molar-refractivity contribution in [3.05, 3.63) is 89.5 Å². The largest absolute Gasteiger partial charge is 0.496 e. The standard InChI is InChI=1S/C23H22F2N2O2/c1-15(23(28)27-22-19(24)9-6-10-20(22)25)26-18-11-12-21(29-2)17(14-18)13-16-7-4-3-5-8-16/h3-12,14-15,26H,13H2,1-2H3,(H,27,28). The summed E-state index contributed by atoms with van der Waals surface area (Å²) in [6, 6.07) is 18.2. The van der Waals surface area contributed by atoms with Gasteiger partial charge in [-0.25, -0.2) is 8.78 Å². The highest BCUT2D eigenvalue weighted by Gasteiger charge is 2.18. The minimum Gasteiger partial charge on any atom is -0.496 e. The summed E-state index contributed by atoms with van der Waals surface area (Å²) in [7, 11) is 1.61. The second-order valence-electron chi connectivity index (χ2n) is 6.64. The molecular weight excluding hydrogens is 374 g/mol. The molecule has 0 aliphatic heterocycles. The quantitative estimate of drug-likeness (QED) is 0.591. The summed E-state index contributed by atoms with van der Waals surface area (Å²) in [6.07, 6.45) is 0.667. The summed E-state index contributed by atoms with van der Waals surface area (Å²) in [5.41, 5.74) is 2.33. The minimum atomic E-state index is -0.819. The predicted octanol–water partition coefficient (Wildman–Crippen LogP) is 5.00. The Morgan fingerprint density at radius 1 is 1.00 bits per heavy atom. The Balaban J connectivity index is 1.73. The third-order valence-electron chi connectivity index (χ3n) is 4.51. The van der Waals surface area contributed by atoms with Crippen LogP contribution in [-0.4, -0.2) is 19.1 Å². The van der Waals surface area contributed by atoms with Crippen LogP contribution in [0.2, 0.25) is 0 Å². The van der Waals surface area contributed by atoms with Crippen LogP contribution in [0.4, 0.5) is 20.2 Å². The van der Waals surface area contributed by atoms with E-state index >= 15 is 0 Å². The molecule has 0 heterocycles. The maximum absolute atomic E-state index is 13.8. The monoisotopic (exact) mass is 396 g/mol. The lowest BCUT2D eigenvalue weighted by atomic mass is 10.0. The molecule has 150 valence electrons. The first-order valence-electron chi connectivity index (χ1n) is 9.20. The van der Waals surface area contributed by atoms with Crippen molar-refractivity contribution in [2.75, 3.05) is 17.7 Å². The molecule has 1 atom stereocenters. The summed E-state index contributed by atoms with van der Waals surface area (Å²) in [6.45, 7) is 1.62. The maximum atomic E-state index is 13.8. The zero-order valence-electron chi connectivity index (χ0n) is 16.2. The zero-order chi connectivity index (χ0) is 20.8. The summed E-state index contributed by atoms with van der Waals surface area (Å²) in [5, 5.41) is 5.37. The fraction of sp³-hybridized carbons (Fsp3) is 0.174. The van der Waals surface area contributed by atoms with Gasteiger partial charge in [-0.1, -0.05) is 36.4 Å². The van der Waals surface area contributed by atoms with Crippen molar-refractivity contribution in [3.8, 4) is 5.75 Å². The van der Waals surface area contributed by atoms with Gasteiger partial charge >= 0.3 is 0 Å². The fourth-order valence-electron chi connectivity index (χ4n) is 2.99. The molecule has 0 aliphatic carbocycles. The molecule has 0 radical (unpaired) electrons. The number of para-hydroxylation sites is 1.